The summed E-state index contributed by atoms with van der Waals surface area (Å²) in [5.41, 5.74) is 4.47. The Bertz CT molecular complexity index is 1210. The standard InChI is InChI=1S/C25H19ClN2O3/c1-2-30-24-12-18(11-21-20-9-8-19(26)13-22(20)28-25(21)29)7-10-23(24)31-15-17-5-3-16(14-27)4-6-17/h3-13H,2,15H2,1H3,(H,28,29)/b21-11+. The van der Waals surface area contributed by atoms with Crippen molar-refractivity contribution in [1.29, 1.82) is 5.26 Å². The fourth-order valence-electron chi connectivity index (χ4n) is 3.32. The molecule has 3 aromatic rings. The van der Waals surface area contributed by atoms with Gasteiger partial charge in [-0.25, -0.2) is 0 Å². The first kappa shape index (κ1) is 20.5. The Morgan fingerprint density at radius 2 is 1.84 bits per heavy atom. The van der Waals surface area contributed by atoms with E-state index in [1.54, 1.807) is 24.3 Å². The number of carbonyl (C=O) groups is 1. The second kappa shape index (κ2) is 8.95. The number of benzene rings is 3. The number of nitrogens with zero attached hydrogens (tertiary/aromatic N) is 1. The van der Waals surface area contributed by atoms with Crippen molar-refractivity contribution in [3.8, 4) is 17.6 Å². The molecule has 1 aliphatic heterocycles. The molecule has 6 heteroatoms. The third-order valence-electron chi connectivity index (χ3n) is 4.82. The molecule has 1 aliphatic rings. The highest BCUT2D eigenvalue weighted by atomic mass is 35.5. The lowest BCUT2D eigenvalue weighted by Gasteiger charge is -2.13. The van der Waals surface area contributed by atoms with E-state index >= 15 is 0 Å². The number of ether oxygens (including phenoxy) is 2. The van der Waals surface area contributed by atoms with Crippen molar-refractivity contribution in [1.82, 2.24) is 0 Å². The topological polar surface area (TPSA) is 71.3 Å². The van der Waals surface area contributed by atoms with Gasteiger partial charge in [0.1, 0.15) is 6.61 Å². The van der Waals surface area contributed by atoms with Gasteiger partial charge in [-0.2, -0.15) is 5.26 Å². The summed E-state index contributed by atoms with van der Waals surface area (Å²) in [5.74, 6) is 1.04. The van der Waals surface area contributed by atoms with Crippen molar-refractivity contribution in [2.45, 2.75) is 13.5 Å². The Kier molecular flexibility index (Phi) is 5.92. The Morgan fingerprint density at radius 1 is 1.03 bits per heavy atom. The lowest BCUT2D eigenvalue weighted by molar-refractivity contribution is -0.110. The first-order valence-electron chi connectivity index (χ1n) is 9.79. The summed E-state index contributed by atoms with van der Waals surface area (Å²) in [4.78, 5) is 12.4. The summed E-state index contributed by atoms with van der Waals surface area (Å²) in [6, 6.07) is 20.2. The Balaban J connectivity index is 1.58. The zero-order valence-corrected chi connectivity index (χ0v) is 17.6. The van der Waals surface area contributed by atoms with E-state index in [0.29, 0.717) is 46.6 Å². The number of amides is 1. The molecule has 0 saturated heterocycles. The number of hydrogen-bond donors (Lipinski definition) is 1. The number of fused-ring (bicyclic) bond motifs is 1. The van der Waals surface area contributed by atoms with Crippen LogP contribution in [0.15, 0.2) is 60.7 Å². The monoisotopic (exact) mass is 430 g/mol. The van der Waals surface area contributed by atoms with Crippen molar-refractivity contribution in [2.75, 3.05) is 11.9 Å². The van der Waals surface area contributed by atoms with Crippen molar-refractivity contribution < 1.29 is 14.3 Å². The molecule has 0 fully saturated rings. The first-order valence-corrected chi connectivity index (χ1v) is 10.2. The van der Waals surface area contributed by atoms with Crippen LogP contribution in [-0.2, 0) is 11.4 Å². The Morgan fingerprint density at radius 3 is 2.58 bits per heavy atom. The molecule has 0 aliphatic carbocycles. The maximum absolute atomic E-state index is 12.4. The van der Waals surface area contributed by atoms with Crippen LogP contribution < -0.4 is 14.8 Å². The summed E-state index contributed by atoms with van der Waals surface area (Å²) in [6.45, 7) is 2.73. The Hall–Kier alpha value is -3.75. The Labute approximate surface area is 185 Å². The van der Waals surface area contributed by atoms with Crippen molar-refractivity contribution in [3.63, 3.8) is 0 Å². The van der Waals surface area contributed by atoms with E-state index in [2.05, 4.69) is 11.4 Å². The zero-order chi connectivity index (χ0) is 21.8. The van der Waals surface area contributed by atoms with Crippen LogP contribution in [0, 0.1) is 11.3 Å². The summed E-state index contributed by atoms with van der Waals surface area (Å²) in [6.07, 6.45) is 1.82. The van der Waals surface area contributed by atoms with Crippen LogP contribution in [0.25, 0.3) is 11.6 Å². The minimum absolute atomic E-state index is 0.170. The quantitative estimate of drug-likeness (QED) is 0.510. The van der Waals surface area contributed by atoms with Crippen LogP contribution in [0.3, 0.4) is 0 Å². The summed E-state index contributed by atoms with van der Waals surface area (Å²) in [7, 11) is 0. The third-order valence-corrected chi connectivity index (χ3v) is 5.06. The van der Waals surface area contributed by atoms with E-state index in [9.17, 15) is 4.79 Å². The first-order chi connectivity index (χ1) is 15.1. The lowest BCUT2D eigenvalue weighted by atomic mass is 10.0. The SMILES string of the molecule is CCOc1cc(/C=C2/C(=O)Nc3cc(Cl)ccc32)ccc1OCc1ccc(C#N)cc1. The molecule has 31 heavy (non-hydrogen) atoms. The van der Waals surface area contributed by atoms with E-state index in [-0.39, 0.29) is 5.91 Å². The van der Waals surface area contributed by atoms with Gasteiger partial charge in [0, 0.05) is 16.2 Å². The summed E-state index contributed by atoms with van der Waals surface area (Å²) >= 11 is 6.03. The van der Waals surface area contributed by atoms with Gasteiger partial charge in [-0.1, -0.05) is 35.9 Å². The van der Waals surface area contributed by atoms with E-state index in [4.69, 9.17) is 26.3 Å². The summed E-state index contributed by atoms with van der Waals surface area (Å²) < 4.78 is 11.7. The van der Waals surface area contributed by atoms with Crippen molar-refractivity contribution in [3.05, 3.63) is 87.9 Å². The van der Waals surface area contributed by atoms with E-state index in [1.807, 2.05) is 49.4 Å². The summed E-state index contributed by atoms with van der Waals surface area (Å²) in [5, 5.41) is 12.3. The third kappa shape index (κ3) is 4.55. The van der Waals surface area contributed by atoms with Gasteiger partial charge in [-0.05, 0) is 60.5 Å². The van der Waals surface area contributed by atoms with Crippen LogP contribution in [0.2, 0.25) is 5.02 Å². The molecule has 4 rings (SSSR count). The molecule has 1 N–H and O–H groups in total. The molecule has 0 atom stereocenters. The van der Waals surface area contributed by atoms with Crippen molar-refractivity contribution >= 4 is 34.8 Å². The van der Waals surface area contributed by atoms with Crippen LogP contribution in [0.4, 0.5) is 5.69 Å². The van der Waals surface area contributed by atoms with Crippen LogP contribution in [0.1, 0.15) is 29.2 Å². The van der Waals surface area contributed by atoms with E-state index in [1.165, 1.54) is 0 Å². The zero-order valence-electron chi connectivity index (χ0n) is 16.8. The highest BCUT2D eigenvalue weighted by Gasteiger charge is 2.24. The molecule has 154 valence electrons. The van der Waals surface area contributed by atoms with E-state index < -0.39 is 0 Å². The van der Waals surface area contributed by atoms with Crippen molar-refractivity contribution in [2.24, 2.45) is 0 Å². The highest BCUT2D eigenvalue weighted by molar-refractivity contribution is 6.36. The maximum Gasteiger partial charge on any atom is 0.256 e. The predicted molar refractivity (Wildman–Crippen MR) is 121 cm³/mol. The fraction of sp³-hybridized carbons (Fsp3) is 0.120. The largest absolute Gasteiger partial charge is 0.490 e. The molecule has 0 aromatic heterocycles. The number of carbonyl (C=O) groups excluding carboxylic acids is 1. The smallest absolute Gasteiger partial charge is 0.256 e. The minimum Gasteiger partial charge on any atom is -0.490 e. The molecular weight excluding hydrogens is 412 g/mol. The van der Waals surface area contributed by atoms with Gasteiger partial charge >= 0.3 is 0 Å². The molecule has 5 nitrogen and oxygen atoms in total. The number of nitrogens with one attached hydrogen (secondary N) is 1. The molecular formula is C25H19ClN2O3. The second-order valence-electron chi connectivity index (χ2n) is 6.94. The number of rotatable bonds is 6. The van der Waals surface area contributed by atoms with Crippen LogP contribution >= 0.6 is 11.6 Å². The minimum atomic E-state index is -0.170. The number of hydrogen-bond acceptors (Lipinski definition) is 4. The maximum atomic E-state index is 12.4. The van der Waals surface area contributed by atoms with E-state index in [0.717, 1.165) is 16.7 Å². The highest BCUT2D eigenvalue weighted by Crippen LogP contribution is 2.36. The average molecular weight is 431 g/mol. The molecule has 0 saturated carbocycles. The van der Waals surface area contributed by atoms with Gasteiger partial charge < -0.3 is 14.8 Å². The number of anilines is 1. The number of halogens is 1. The lowest BCUT2D eigenvalue weighted by Crippen LogP contribution is -2.03. The average Bonchev–Trinajstić information content (AvgIpc) is 3.07. The molecule has 0 spiro atoms. The normalized spacial score (nSPS) is 13.5. The van der Waals surface area contributed by atoms with Gasteiger partial charge in [-0.15, -0.1) is 0 Å². The molecule has 1 amide bonds. The van der Waals surface area contributed by atoms with Gasteiger partial charge in [-0.3, -0.25) is 4.79 Å². The van der Waals surface area contributed by atoms with Gasteiger partial charge in [0.25, 0.3) is 5.91 Å². The number of nitriles is 1. The molecule has 0 unspecified atom stereocenters. The molecule has 3 aromatic carbocycles. The van der Waals surface area contributed by atoms with Crippen LogP contribution in [0.5, 0.6) is 11.5 Å². The van der Waals surface area contributed by atoms with Crippen LogP contribution in [-0.4, -0.2) is 12.5 Å². The molecule has 0 radical (unpaired) electrons. The molecule has 0 bridgehead atoms. The fourth-order valence-corrected chi connectivity index (χ4v) is 3.49. The van der Waals surface area contributed by atoms with Gasteiger partial charge in [0.15, 0.2) is 11.5 Å². The van der Waals surface area contributed by atoms with Gasteiger partial charge in [0.05, 0.1) is 23.9 Å². The second-order valence-corrected chi connectivity index (χ2v) is 7.38. The van der Waals surface area contributed by atoms with Gasteiger partial charge in [0.2, 0.25) is 0 Å². The predicted octanol–water partition coefficient (Wildman–Crippen LogP) is 5.68. The molecule has 1 heterocycles.